The van der Waals surface area contributed by atoms with Gasteiger partial charge in [-0.2, -0.15) is 0 Å². The Morgan fingerprint density at radius 3 is 2.67 bits per heavy atom. The molecule has 0 fully saturated rings. The van der Waals surface area contributed by atoms with Crippen LogP contribution in [0.15, 0.2) is 46.9 Å². The van der Waals surface area contributed by atoms with E-state index in [1.165, 1.54) is 11.1 Å². The average molecular weight is 304 g/mol. The summed E-state index contributed by atoms with van der Waals surface area (Å²) in [7, 11) is 0. The van der Waals surface area contributed by atoms with Crippen molar-refractivity contribution in [3.8, 4) is 0 Å². The Hall–Kier alpha value is -1.16. The van der Waals surface area contributed by atoms with Crippen LogP contribution in [0.1, 0.15) is 28.3 Å². The van der Waals surface area contributed by atoms with Gasteiger partial charge in [-0.25, -0.2) is 0 Å². The highest BCUT2D eigenvalue weighted by Gasteiger charge is 2.16. The van der Waals surface area contributed by atoms with E-state index in [9.17, 15) is 0 Å². The lowest BCUT2D eigenvalue weighted by Gasteiger charge is -2.15. The molecule has 1 unspecified atom stereocenters. The largest absolute Gasteiger partial charge is 0.372 e. The number of rotatable bonds is 2. The van der Waals surface area contributed by atoms with Crippen LogP contribution in [0.2, 0.25) is 0 Å². The molecular weight excluding hydrogens is 290 g/mol. The van der Waals surface area contributed by atoms with Gasteiger partial charge < -0.3 is 10.5 Å². The van der Waals surface area contributed by atoms with E-state index in [0.29, 0.717) is 6.61 Å². The van der Waals surface area contributed by atoms with Crippen molar-refractivity contribution in [3.63, 3.8) is 0 Å². The number of hydrogen-bond acceptors (Lipinski definition) is 2. The van der Waals surface area contributed by atoms with Gasteiger partial charge in [0.05, 0.1) is 19.3 Å². The molecule has 1 atom stereocenters. The summed E-state index contributed by atoms with van der Waals surface area (Å²) in [5, 5.41) is 0. The summed E-state index contributed by atoms with van der Waals surface area (Å²) in [6.07, 6.45) is 0. The van der Waals surface area contributed by atoms with Crippen LogP contribution in [0.4, 0.5) is 0 Å². The maximum Gasteiger partial charge on any atom is 0.0725 e. The van der Waals surface area contributed by atoms with Crippen molar-refractivity contribution >= 4 is 15.9 Å². The number of benzene rings is 2. The molecule has 0 radical (unpaired) electrons. The molecule has 3 rings (SSSR count). The molecule has 2 nitrogen and oxygen atoms in total. The van der Waals surface area contributed by atoms with Crippen molar-refractivity contribution in [3.05, 3.63) is 69.2 Å². The third kappa shape index (κ3) is 2.09. The SMILES string of the molecule is NC(c1ccc2c(c1)COC2)c1ccccc1Br. The Bertz CT molecular complexity index is 582. The molecule has 92 valence electrons. The van der Waals surface area contributed by atoms with Crippen molar-refractivity contribution in [2.24, 2.45) is 5.73 Å². The van der Waals surface area contributed by atoms with Crippen molar-refractivity contribution in [1.29, 1.82) is 0 Å². The maximum atomic E-state index is 6.34. The third-order valence-corrected chi connectivity index (χ3v) is 4.07. The van der Waals surface area contributed by atoms with Crippen LogP contribution < -0.4 is 5.73 Å². The van der Waals surface area contributed by atoms with Crippen LogP contribution in [-0.2, 0) is 18.0 Å². The molecule has 0 spiro atoms. The Labute approximate surface area is 115 Å². The van der Waals surface area contributed by atoms with Gasteiger partial charge in [-0.15, -0.1) is 0 Å². The van der Waals surface area contributed by atoms with Gasteiger partial charge >= 0.3 is 0 Å². The first-order valence-electron chi connectivity index (χ1n) is 5.95. The molecule has 3 heteroatoms. The van der Waals surface area contributed by atoms with Gasteiger partial charge in [0.2, 0.25) is 0 Å². The summed E-state index contributed by atoms with van der Waals surface area (Å²) < 4.78 is 6.48. The van der Waals surface area contributed by atoms with E-state index in [-0.39, 0.29) is 6.04 Å². The second-order valence-electron chi connectivity index (χ2n) is 4.52. The Kier molecular flexibility index (Phi) is 3.20. The van der Waals surface area contributed by atoms with Crippen molar-refractivity contribution in [2.75, 3.05) is 0 Å². The summed E-state index contributed by atoms with van der Waals surface area (Å²) in [6, 6.07) is 14.3. The smallest absolute Gasteiger partial charge is 0.0725 e. The van der Waals surface area contributed by atoms with Gasteiger partial charge in [-0.1, -0.05) is 52.3 Å². The first-order chi connectivity index (χ1) is 8.75. The number of nitrogens with two attached hydrogens (primary N) is 1. The molecule has 0 aromatic heterocycles. The molecule has 0 saturated carbocycles. The predicted octanol–water partition coefficient (Wildman–Crippen LogP) is 3.53. The molecule has 0 saturated heterocycles. The summed E-state index contributed by atoms with van der Waals surface area (Å²) >= 11 is 3.55. The van der Waals surface area contributed by atoms with Gasteiger partial charge in [-0.05, 0) is 28.3 Å². The molecule has 1 aliphatic heterocycles. The normalized spacial score (nSPS) is 15.4. The van der Waals surface area contributed by atoms with Crippen molar-refractivity contribution < 1.29 is 4.74 Å². The zero-order valence-corrected chi connectivity index (χ0v) is 11.5. The maximum absolute atomic E-state index is 6.34. The number of halogens is 1. The van der Waals surface area contributed by atoms with E-state index in [1.54, 1.807) is 0 Å². The zero-order valence-electron chi connectivity index (χ0n) is 9.90. The van der Waals surface area contributed by atoms with E-state index in [4.69, 9.17) is 10.5 Å². The third-order valence-electron chi connectivity index (χ3n) is 3.34. The van der Waals surface area contributed by atoms with Crippen molar-refractivity contribution in [1.82, 2.24) is 0 Å². The van der Waals surface area contributed by atoms with Crippen LogP contribution >= 0.6 is 15.9 Å². The van der Waals surface area contributed by atoms with E-state index in [1.807, 2.05) is 18.2 Å². The zero-order chi connectivity index (χ0) is 12.5. The minimum Gasteiger partial charge on any atom is -0.372 e. The first kappa shape index (κ1) is 11.9. The number of hydrogen-bond donors (Lipinski definition) is 1. The highest BCUT2D eigenvalue weighted by Crippen LogP contribution is 2.29. The molecule has 0 bridgehead atoms. The molecule has 1 heterocycles. The fourth-order valence-corrected chi connectivity index (χ4v) is 2.82. The first-order valence-corrected chi connectivity index (χ1v) is 6.74. The van der Waals surface area contributed by atoms with Gasteiger partial charge in [-0.3, -0.25) is 0 Å². The quantitative estimate of drug-likeness (QED) is 0.921. The molecule has 18 heavy (non-hydrogen) atoms. The Balaban J connectivity index is 1.98. The summed E-state index contributed by atoms with van der Waals surface area (Å²) in [5.41, 5.74) is 11.1. The van der Waals surface area contributed by atoms with E-state index >= 15 is 0 Å². The summed E-state index contributed by atoms with van der Waals surface area (Å²) in [4.78, 5) is 0. The fourth-order valence-electron chi connectivity index (χ4n) is 2.29. The lowest BCUT2D eigenvalue weighted by molar-refractivity contribution is 0.134. The Morgan fingerprint density at radius 2 is 1.83 bits per heavy atom. The van der Waals surface area contributed by atoms with Crippen molar-refractivity contribution in [2.45, 2.75) is 19.3 Å². The van der Waals surface area contributed by atoms with Gasteiger partial charge in [0.25, 0.3) is 0 Å². The molecule has 2 aromatic rings. The molecule has 0 aliphatic carbocycles. The van der Waals surface area contributed by atoms with Gasteiger partial charge in [0.1, 0.15) is 0 Å². The van der Waals surface area contributed by atoms with Crippen LogP contribution in [-0.4, -0.2) is 0 Å². The minimum atomic E-state index is -0.105. The average Bonchev–Trinajstić information content (AvgIpc) is 2.85. The standard InChI is InChI=1S/C15H14BrNO/c16-14-4-2-1-3-13(14)15(17)10-5-6-11-8-18-9-12(11)7-10/h1-7,15H,8-9,17H2. The van der Waals surface area contributed by atoms with Gasteiger partial charge in [0.15, 0.2) is 0 Å². The van der Waals surface area contributed by atoms with E-state index in [0.717, 1.165) is 22.2 Å². The Morgan fingerprint density at radius 1 is 1.06 bits per heavy atom. The molecule has 2 N–H and O–H groups in total. The summed E-state index contributed by atoms with van der Waals surface area (Å²) in [6.45, 7) is 1.42. The van der Waals surface area contributed by atoms with E-state index < -0.39 is 0 Å². The predicted molar refractivity (Wildman–Crippen MR) is 75.1 cm³/mol. The molecule has 1 aliphatic rings. The topological polar surface area (TPSA) is 35.2 Å². The van der Waals surface area contributed by atoms with E-state index in [2.05, 4.69) is 40.2 Å². The van der Waals surface area contributed by atoms with Crippen LogP contribution in [0.5, 0.6) is 0 Å². The second-order valence-corrected chi connectivity index (χ2v) is 5.37. The van der Waals surface area contributed by atoms with Crippen LogP contribution in [0.25, 0.3) is 0 Å². The fraction of sp³-hybridized carbons (Fsp3) is 0.200. The second kappa shape index (κ2) is 4.84. The molecule has 0 amide bonds. The molecule has 2 aromatic carbocycles. The molecular formula is C15H14BrNO. The van der Waals surface area contributed by atoms with Gasteiger partial charge in [0, 0.05) is 4.47 Å². The highest BCUT2D eigenvalue weighted by atomic mass is 79.9. The number of ether oxygens (including phenoxy) is 1. The lowest BCUT2D eigenvalue weighted by Crippen LogP contribution is -2.12. The minimum absolute atomic E-state index is 0.105. The summed E-state index contributed by atoms with van der Waals surface area (Å²) in [5.74, 6) is 0. The number of fused-ring (bicyclic) bond motifs is 1. The highest BCUT2D eigenvalue weighted by molar-refractivity contribution is 9.10. The van der Waals surface area contributed by atoms with Crippen LogP contribution in [0.3, 0.4) is 0 Å². The van der Waals surface area contributed by atoms with Crippen LogP contribution in [0, 0.1) is 0 Å². The lowest BCUT2D eigenvalue weighted by atomic mass is 9.96. The monoisotopic (exact) mass is 303 g/mol.